The monoisotopic (exact) mass is 360 g/mol. The summed E-state index contributed by atoms with van der Waals surface area (Å²) >= 11 is 5.65. The van der Waals surface area contributed by atoms with E-state index in [0.29, 0.717) is 13.1 Å². The minimum absolute atomic E-state index is 0.0482. The van der Waals surface area contributed by atoms with Crippen LogP contribution in [0.3, 0.4) is 0 Å². The molecule has 1 saturated heterocycles. The van der Waals surface area contributed by atoms with Gasteiger partial charge in [0.05, 0.1) is 9.92 Å². The van der Waals surface area contributed by atoms with Crippen LogP contribution in [0.1, 0.15) is 13.8 Å². The van der Waals surface area contributed by atoms with Crippen LogP contribution in [0.2, 0.25) is 5.02 Å². The molecule has 0 spiro atoms. The van der Waals surface area contributed by atoms with Gasteiger partial charge in [0.15, 0.2) is 0 Å². The highest BCUT2D eigenvalue weighted by Crippen LogP contribution is 2.23. The maximum Gasteiger partial charge on any atom is 0.246 e. The molecular weight excluding hydrogens is 343 g/mol. The molecule has 8 heteroatoms. The number of halogens is 2. The molecule has 1 aromatic carbocycles. The molecule has 1 aliphatic heterocycles. The van der Waals surface area contributed by atoms with E-state index < -0.39 is 15.8 Å². The largest absolute Gasteiger partial charge is 0.337 e. The Bertz CT molecular complexity index is 737. The molecule has 2 rings (SSSR count). The van der Waals surface area contributed by atoms with Crippen molar-refractivity contribution in [3.05, 3.63) is 40.7 Å². The third-order valence-corrected chi connectivity index (χ3v) is 5.68. The number of allylic oxidation sites excluding steroid dienone is 1. The lowest BCUT2D eigenvalue weighted by atomic mass is 10.3. The molecule has 0 atom stereocenters. The molecule has 1 aromatic rings. The van der Waals surface area contributed by atoms with Gasteiger partial charge in [-0.05, 0) is 32.0 Å². The molecule has 0 aliphatic carbocycles. The van der Waals surface area contributed by atoms with Crippen LogP contribution in [-0.2, 0) is 14.8 Å². The fraction of sp³-hybridized carbons (Fsp3) is 0.400. The third kappa shape index (κ3) is 4.10. The van der Waals surface area contributed by atoms with E-state index in [9.17, 15) is 17.6 Å². The predicted octanol–water partition coefficient (Wildman–Crippen LogP) is 2.28. The van der Waals surface area contributed by atoms with Crippen molar-refractivity contribution in [1.82, 2.24) is 9.21 Å². The number of hydrogen-bond donors (Lipinski definition) is 0. The van der Waals surface area contributed by atoms with Gasteiger partial charge in [0.2, 0.25) is 15.9 Å². The first-order valence-electron chi connectivity index (χ1n) is 7.11. The van der Waals surface area contributed by atoms with E-state index in [-0.39, 0.29) is 28.9 Å². The second-order valence-electron chi connectivity index (χ2n) is 5.53. The number of nitrogens with zero attached hydrogens (tertiary/aromatic N) is 2. The van der Waals surface area contributed by atoms with E-state index in [2.05, 4.69) is 0 Å². The SMILES string of the molecule is CC(C)=CC(=O)N1CCN(S(=O)(=O)c2ccc(F)c(Cl)c2)CC1. The molecule has 126 valence electrons. The van der Waals surface area contributed by atoms with Crippen molar-refractivity contribution >= 4 is 27.5 Å². The van der Waals surface area contributed by atoms with Gasteiger partial charge in [-0.2, -0.15) is 4.31 Å². The Kier molecular flexibility index (Phi) is 5.44. The number of hydrogen-bond acceptors (Lipinski definition) is 3. The van der Waals surface area contributed by atoms with Gasteiger partial charge in [0.1, 0.15) is 5.82 Å². The van der Waals surface area contributed by atoms with Gasteiger partial charge in [-0.15, -0.1) is 0 Å². The average Bonchev–Trinajstić information content (AvgIpc) is 2.49. The highest BCUT2D eigenvalue weighted by atomic mass is 35.5. The van der Waals surface area contributed by atoms with Gasteiger partial charge in [-0.25, -0.2) is 12.8 Å². The molecule has 1 aliphatic rings. The minimum Gasteiger partial charge on any atom is -0.337 e. The molecule has 5 nitrogen and oxygen atoms in total. The average molecular weight is 361 g/mol. The second kappa shape index (κ2) is 6.98. The van der Waals surface area contributed by atoms with Crippen molar-refractivity contribution in [1.29, 1.82) is 0 Å². The summed E-state index contributed by atoms with van der Waals surface area (Å²) < 4.78 is 39.5. The number of piperazine rings is 1. The van der Waals surface area contributed by atoms with E-state index in [4.69, 9.17) is 11.6 Å². The standard InChI is InChI=1S/C15H18ClFN2O3S/c1-11(2)9-15(20)18-5-7-19(8-6-18)23(21,22)12-3-4-14(17)13(16)10-12/h3-4,9-10H,5-8H2,1-2H3. The molecule has 0 saturated carbocycles. The van der Waals surface area contributed by atoms with Gasteiger partial charge in [-0.1, -0.05) is 17.2 Å². The number of rotatable bonds is 3. The van der Waals surface area contributed by atoms with E-state index in [1.807, 2.05) is 13.8 Å². The topological polar surface area (TPSA) is 57.7 Å². The summed E-state index contributed by atoms with van der Waals surface area (Å²) in [5.74, 6) is -0.783. The Morgan fingerprint density at radius 1 is 1.22 bits per heavy atom. The van der Waals surface area contributed by atoms with Crippen LogP contribution < -0.4 is 0 Å². The van der Waals surface area contributed by atoms with E-state index in [1.54, 1.807) is 4.90 Å². The number of carbonyl (C=O) groups is 1. The predicted molar refractivity (Wildman–Crippen MR) is 86.2 cm³/mol. The van der Waals surface area contributed by atoms with Crippen LogP contribution >= 0.6 is 11.6 Å². The molecular formula is C15H18ClFN2O3S. The highest BCUT2D eigenvalue weighted by Gasteiger charge is 2.30. The number of carbonyl (C=O) groups excluding carboxylic acids is 1. The van der Waals surface area contributed by atoms with Crippen LogP contribution in [-0.4, -0.2) is 49.7 Å². The highest BCUT2D eigenvalue weighted by molar-refractivity contribution is 7.89. The lowest BCUT2D eigenvalue weighted by molar-refractivity contribution is -0.127. The maximum absolute atomic E-state index is 13.2. The molecule has 0 N–H and O–H groups in total. The van der Waals surface area contributed by atoms with Crippen LogP contribution in [0.4, 0.5) is 4.39 Å². The maximum atomic E-state index is 13.2. The van der Waals surface area contributed by atoms with Crippen LogP contribution in [0.25, 0.3) is 0 Å². The molecule has 0 radical (unpaired) electrons. The quantitative estimate of drug-likeness (QED) is 0.777. The van der Waals surface area contributed by atoms with E-state index in [0.717, 1.165) is 17.7 Å². The summed E-state index contributed by atoms with van der Waals surface area (Å²) in [5.41, 5.74) is 0.894. The first-order chi connectivity index (χ1) is 10.7. The molecule has 1 amide bonds. The van der Waals surface area contributed by atoms with Crippen molar-refractivity contribution < 1.29 is 17.6 Å². The third-order valence-electron chi connectivity index (χ3n) is 3.49. The summed E-state index contributed by atoms with van der Waals surface area (Å²) in [5, 5.41) is -0.233. The Hall–Kier alpha value is -1.44. The zero-order valence-corrected chi connectivity index (χ0v) is 14.5. The van der Waals surface area contributed by atoms with E-state index in [1.165, 1.54) is 16.4 Å². The van der Waals surface area contributed by atoms with Crippen LogP contribution in [0, 0.1) is 5.82 Å². The zero-order chi connectivity index (χ0) is 17.2. The lowest BCUT2D eigenvalue weighted by Gasteiger charge is -2.33. The molecule has 0 unspecified atom stereocenters. The number of sulfonamides is 1. The Balaban J connectivity index is 2.11. The number of amides is 1. The van der Waals surface area contributed by atoms with Gasteiger partial charge >= 0.3 is 0 Å². The van der Waals surface area contributed by atoms with Crippen molar-refractivity contribution in [3.63, 3.8) is 0 Å². The lowest BCUT2D eigenvalue weighted by Crippen LogP contribution is -2.50. The number of benzene rings is 1. The summed E-state index contributed by atoms with van der Waals surface area (Å²) in [7, 11) is -3.74. The van der Waals surface area contributed by atoms with Crippen molar-refractivity contribution in [2.75, 3.05) is 26.2 Å². The second-order valence-corrected chi connectivity index (χ2v) is 7.87. The Morgan fingerprint density at radius 3 is 2.35 bits per heavy atom. The smallest absolute Gasteiger partial charge is 0.246 e. The van der Waals surface area contributed by atoms with Gasteiger partial charge in [-0.3, -0.25) is 4.79 Å². The molecule has 1 fully saturated rings. The van der Waals surface area contributed by atoms with Gasteiger partial charge in [0, 0.05) is 32.3 Å². The Labute approximate surface area is 140 Å². The van der Waals surface area contributed by atoms with Crippen LogP contribution in [0.15, 0.2) is 34.7 Å². The van der Waals surface area contributed by atoms with Gasteiger partial charge in [0.25, 0.3) is 0 Å². The zero-order valence-electron chi connectivity index (χ0n) is 12.9. The first-order valence-corrected chi connectivity index (χ1v) is 8.92. The summed E-state index contributed by atoms with van der Waals surface area (Å²) in [4.78, 5) is 13.5. The summed E-state index contributed by atoms with van der Waals surface area (Å²) in [6.07, 6.45) is 1.53. The molecule has 23 heavy (non-hydrogen) atoms. The molecule has 0 bridgehead atoms. The minimum atomic E-state index is -3.74. The van der Waals surface area contributed by atoms with Crippen LogP contribution in [0.5, 0.6) is 0 Å². The fourth-order valence-electron chi connectivity index (χ4n) is 2.27. The summed E-state index contributed by atoms with van der Waals surface area (Å²) in [6, 6.07) is 3.33. The first kappa shape index (κ1) is 17.9. The normalized spacial score (nSPS) is 16.3. The molecule has 0 aromatic heterocycles. The van der Waals surface area contributed by atoms with Crippen molar-refractivity contribution in [2.24, 2.45) is 0 Å². The Morgan fingerprint density at radius 2 is 1.83 bits per heavy atom. The van der Waals surface area contributed by atoms with Crippen molar-refractivity contribution in [3.8, 4) is 0 Å². The van der Waals surface area contributed by atoms with E-state index >= 15 is 0 Å². The van der Waals surface area contributed by atoms with Gasteiger partial charge < -0.3 is 4.90 Å². The molecule has 1 heterocycles. The fourth-order valence-corrected chi connectivity index (χ4v) is 3.97. The summed E-state index contributed by atoms with van der Waals surface area (Å²) in [6.45, 7) is 4.68. The van der Waals surface area contributed by atoms with Crippen molar-refractivity contribution in [2.45, 2.75) is 18.7 Å².